The van der Waals surface area contributed by atoms with Gasteiger partial charge in [-0.05, 0) is 17.7 Å². The average molecular weight is 210 g/mol. The van der Waals surface area contributed by atoms with Crippen molar-refractivity contribution in [3.05, 3.63) is 48.2 Å². The minimum atomic E-state index is -0.156. The summed E-state index contributed by atoms with van der Waals surface area (Å²) in [7, 11) is 0. The summed E-state index contributed by atoms with van der Waals surface area (Å²) in [5.74, 6) is 0.0795. The number of hydrogen-bond donors (Lipinski definition) is 1. The SMILES string of the molecule is N#CC1c2ccc(O)cc2N2C=CC=CC12. The van der Waals surface area contributed by atoms with E-state index in [1.54, 1.807) is 12.1 Å². The quantitative estimate of drug-likeness (QED) is 0.714. The lowest BCUT2D eigenvalue weighted by molar-refractivity contribution is 0.475. The molecule has 0 spiro atoms. The minimum Gasteiger partial charge on any atom is -0.508 e. The van der Waals surface area contributed by atoms with E-state index in [0.29, 0.717) is 0 Å². The van der Waals surface area contributed by atoms with Crippen LogP contribution in [-0.2, 0) is 0 Å². The van der Waals surface area contributed by atoms with Gasteiger partial charge < -0.3 is 10.0 Å². The monoisotopic (exact) mass is 210 g/mol. The number of aromatic hydroxyl groups is 1. The topological polar surface area (TPSA) is 47.3 Å². The van der Waals surface area contributed by atoms with Gasteiger partial charge in [0, 0.05) is 18.0 Å². The third kappa shape index (κ3) is 1.07. The Hall–Kier alpha value is -2.21. The van der Waals surface area contributed by atoms with Gasteiger partial charge in [0.25, 0.3) is 0 Å². The molecular formula is C13H10N2O. The number of benzene rings is 1. The molecule has 2 aliphatic heterocycles. The van der Waals surface area contributed by atoms with Gasteiger partial charge in [0.15, 0.2) is 0 Å². The molecule has 2 heterocycles. The minimum absolute atomic E-state index is 0.0619. The largest absolute Gasteiger partial charge is 0.508 e. The Morgan fingerprint density at radius 1 is 1.31 bits per heavy atom. The molecule has 2 aliphatic rings. The van der Waals surface area contributed by atoms with Crippen molar-refractivity contribution in [1.82, 2.24) is 0 Å². The summed E-state index contributed by atoms with van der Waals surface area (Å²) in [6.07, 6.45) is 7.85. The lowest BCUT2D eigenvalue weighted by Gasteiger charge is -2.24. The zero-order valence-electron chi connectivity index (χ0n) is 8.54. The summed E-state index contributed by atoms with van der Waals surface area (Å²) in [6.45, 7) is 0. The normalized spacial score (nSPS) is 25.1. The number of phenolic OH excluding ortho intramolecular Hbond substituents is 1. The molecule has 3 heteroatoms. The molecule has 0 saturated carbocycles. The van der Waals surface area contributed by atoms with E-state index in [1.807, 2.05) is 35.4 Å². The molecule has 0 aromatic heterocycles. The number of nitriles is 1. The van der Waals surface area contributed by atoms with Crippen LogP contribution in [0, 0.1) is 11.3 Å². The third-order valence-corrected chi connectivity index (χ3v) is 3.10. The molecule has 0 radical (unpaired) electrons. The van der Waals surface area contributed by atoms with Gasteiger partial charge >= 0.3 is 0 Å². The molecule has 0 aliphatic carbocycles. The zero-order valence-corrected chi connectivity index (χ0v) is 8.54. The van der Waals surface area contributed by atoms with E-state index >= 15 is 0 Å². The molecule has 1 aromatic carbocycles. The van der Waals surface area contributed by atoms with Crippen molar-refractivity contribution >= 4 is 5.69 Å². The predicted molar refractivity (Wildman–Crippen MR) is 61.0 cm³/mol. The van der Waals surface area contributed by atoms with Gasteiger partial charge in [-0.25, -0.2) is 0 Å². The van der Waals surface area contributed by atoms with Gasteiger partial charge in [-0.2, -0.15) is 5.26 Å². The Bertz CT molecular complexity index is 539. The van der Waals surface area contributed by atoms with E-state index in [2.05, 4.69) is 6.07 Å². The molecule has 0 saturated heterocycles. The number of fused-ring (bicyclic) bond motifs is 3. The third-order valence-electron chi connectivity index (χ3n) is 3.10. The highest BCUT2D eigenvalue weighted by Crippen LogP contribution is 2.43. The maximum Gasteiger partial charge on any atom is 0.117 e. The van der Waals surface area contributed by atoms with Crippen molar-refractivity contribution in [3.63, 3.8) is 0 Å². The van der Waals surface area contributed by atoms with Crippen LogP contribution in [0.25, 0.3) is 0 Å². The first-order valence-corrected chi connectivity index (χ1v) is 5.17. The second kappa shape index (κ2) is 3.14. The van der Waals surface area contributed by atoms with Crippen molar-refractivity contribution in [2.24, 2.45) is 0 Å². The zero-order chi connectivity index (χ0) is 11.1. The maximum atomic E-state index is 9.49. The number of nitrogens with zero attached hydrogens (tertiary/aromatic N) is 2. The maximum absolute atomic E-state index is 9.49. The lowest BCUT2D eigenvalue weighted by Crippen LogP contribution is -2.28. The van der Waals surface area contributed by atoms with Crippen LogP contribution in [0.2, 0.25) is 0 Å². The number of anilines is 1. The summed E-state index contributed by atoms with van der Waals surface area (Å²) >= 11 is 0. The predicted octanol–water partition coefficient (Wildman–Crippen LogP) is 2.27. The van der Waals surface area contributed by atoms with Gasteiger partial charge in [-0.3, -0.25) is 0 Å². The smallest absolute Gasteiger partial charge is 0.117 e. The second-order valence-corrected chi connectivity index (χ2v) is 3.97. The average Bonchev–Trinajstić information content (AvgIpc) is 2.62. The molecule has 2 atom stereocenters. The van der Waals surface area contributed by atoms with Gasteiger partial charge in [-0.1, -0.05) is 18.2 Å². The molecule has 0 bridgehead atoms. The molecule has 1 N–H and O–H groups in total. The summed E-state index contributed by atoms with van der Waals surface area (Å²) in [5, 5.41) is 18.7. The summed E-state index contributed by atoms with van der Waals surface area (Å²) in [5.41, 5.74) is 1.92. The Kier molecular flexibility index (Phi) is 1.78. The summed E-state index contributed by atoms with van der Waals surface area (Å²) < 4.78 is 0. The van der Waals surface area contributed by atoms with E-state index in [4.69, 9.17) is 0 Å². The van der Waals surface area contributed by atoms with Crippen LogP contribution >= 0.6 is 0 Å². The van der Waals surface area contributed by atoms with Crippen molar-refractivity contribution < 1.29 is 5.11 Å². The first kappa shape index (κ1) is 9.05. The van der Waals surface area contributed by atoms with Crippen LogP contribution in [0.3, 0.4) is 0 Å². The van der Waals surface area contributed by atoms with E-state index < -0.39 is 0 Å². The van der Waals surface area contributed by atoms with Crippen LogP contribution in [0.15, 0.2) is 42.6 Å². The first-order valence-electron chi connectivity index (χ1n) is 5.17. The van der Waals surface area contributed by atoms with Crippen molar-refractivity contribution in [2.75, 3.05) is 4.90 Å². The van der Waals surface area contributed by atoms with Crippen LogP contribution in [-0.4, -0.2) is 11.1 Å². The van der Waals surface area contributed by atoms with Crippen molar-refractivity contribution in [1.29, 1.82) is 5.26 Å². The van der Waals surface area contributed by atoms with Gasteiger partial charge in [0.2, 0.25) is 0 Å². The van der Waals surface area contributed by atoms with E-state index in [9.17, 15) is 10.4 Å². The standard InChI is InChI=1S/C13H10N2O/c14-8-11-10-5-4-9(16)7-13(10)15-6-2-1-3-12(11)15/h1-7,11-12,16H. The number of allylic oxidation sites excluding steroid dienone is 2. The first-order chi connectivity index (χ1) is 7.81. The van der Waals surface area contributed by atoms with Crippen LogP contribution in [0.1, 0.15) is 11.5 Å². The molecule has 3 rings (SSSR count). The summed E-state index contributed by atoms with van der Waals surface area (Å²) in [6, 6.07) is 7.57. The Morgan fingerprint density at radius 2 is 2.19 bits per heavy atom. The molecule has 0 fully saturated rings. The number of hydrogen-bond acceptors (Lipinski definition) is 3. The van der Waals surface area contributed by atoms with E-state index in [-0.39, 0.29) is 17.7 Å². The van der Waals surface area contributed by atoms with Crippen molar-refractivity contribution in [2.45, 2.75) is 12.0 Å². The highest BCUT2D eigenvalue weighted by Gasteiger charge is 2.36. The molecule has 0 amide bonds. The fourth-order valence-corrected chi connectivity index (χ4v) is 2.37. The molecule has 16 heavy (non-hydrogen) atoms. The fraction of sp³-hybridized carbons (Fsp3) is 0.154. The summed E-state index contributed by atoms with van der Waals surface area (Å²) in [4.78, 5) is 2.03. The molecule has 1 aromatic rings. The number of phenols is 1. The Labute approximate surface area is 93.5 Å². The Morgan fingerprint density at radius 3 is 3.00 bits per heavy atom. The van der Waals surface area contributed by atoms with E-state index in [1.165, 1.54) is 0 Å². The molecule has 3 nitrogen and oxygen atoms in total. The highest BCUT2D eigenvalue weighted by molar-refractivity contribution is 5.69. The number of rotatable bonds is 0. The Balaban J connectivity index is 2.20. The van der Waals surface area contributed by atoms with Crippen LogP contribution < -0.4 is 4.90 Å². The second-order valence-electron chi connectivity index (χ2n) is 3.97. The van der Waals surface area contributed by atoms with Crippen LogP contribution in [0.4, 0.5) is 5.69 Å². The molecule has 78 valence electrons. The van der Waals surface area contributed by atoms with Gasteiger partial charge in [-0.15, -0.1) is 0 Å². The van der Waals surface area contributed by atoms with Gasteiger partial charge in [0.1, 0.15) is 5.75 Å². The van der Waals surface area contributed by atoms with Crippen molar-refractivity contribution in [3.8, 4) is 11.8 Å². The van der Waals surface area contributed by atoms with Gasteiger partial charge in [0.05, 0.1) is 18.0 Å². The highest BCUT2D eigenvalue weighted by atomic mass is 16.3. The van der Waals surface area contributed by atoms with E-state index in [0.717, 1.165) is 11.3 Å². The molecule has 2 unspecified atom stereocenters. The molecular weight excluding hydrogens is 200 g/mol. The fourth-order valence-electron chi connectivity index (χ4n) is 2.37. The lowest BCUT2D eigenvalue weighted by atomic mass is 9.96. The van der Waals surface area contributed by atoms with Crippen LogP contribution in [0.5, 0.6) is 5.75 Å².